The smallest absolute Gasteiger partial charge is 0.406 e. The second-order valence-corrected chi connectivity index (χ2v) is 7.21. The maximum absolute atomic E-state index is 14.0. The summed E-state index contributed by atoms with van der Waals surface area (Å²) in [6.07, 6.45) is -4.03. The van der Waals surface area contributed by atoms with Crippen LogP contribution in [0.4, 0.5) is 17.6 Å². The van der Waals surface area contributed by atoms with Gasteiger partial charge in [0.05, 0.1) is 4.90 Å². The molecular weight excluding hydrogens is 426 g/mol. The van der Waals surface area contributed by atoms with Gasteiger partial charge in [0.2, 0.25) is 0 Å². The fourth-order valence-electron chi connectivity index (χ4n) is 2.89. The van der Waals surface area contributed by atoms with Crippen LogP contribution in [0, 0.1) is 28.3 Å². The van der Waals surface area contributed by atoms with E-state index in [0.29, 0.717) is 12.0 Å². The molecule has 0 spiro atoms. The van der Waals surface area contributed by atoms with Crippen molar-refractivity contribution in [2.24, 2.45) is 0 Å². The molecule has 0 N–H and O–H groups in total. The molecule has 0 aliphatic rings. The summed E-state index contributed by atoms with van der Waals surface area (Å²) < 4.78 is 54.8. The van der Waals surface area contributed by atoms with E-state index < -0.39 is 12.2 Å². The zero-order chi connectivity index (χ0) is 22.4. The van der Waals surface area contributed by atoms with Crippen LogP contribution >= 0.6 is 11.8 Å². The van der Waals surface area contributed by atoms with Gasteiger partial charge in [-0.15, -0.1) is 13.2 Å². The SMILES string of the molecule is CCc1cc(-c2ccc(OC(F)(F)F)cc2)ccc1C#Cc1ccc(SC#N)c(F)c1. The van der Waals surface area contributed by atoms with E-state index in [4.69, 9.17) is 5.26 Å². The number of alkyl halides is 3. The van der Waals surface area contributed by atoms with E-state index in [9.17, 15) is 17.6 Å². The lowest BCUT2D eigenvalue weighted by Crippen LogP contribution is -2.16. The number of benzene rings is 3. The van der Waals surface area contributed by atoms with Crippen molar-refractivity contribution >= 4 is 11.8 Å². The Bertz CT molecular complexity index is 1190. The molecule has 0 unspecified atom stereocenters. The number of ether oxygens (including phenoxy) is 1. The summed E-state index contributed by atoms with van der Waals surface area (Å²) in [7, 11) is 0. The monoisotopic (exact) mass is 441 g/mol. The van der Waals surface area contributed by atoms with Gasteiger partial charge in [0, 0.05) is 11.1 Å². The van der Waals surface area contributed by atoms with Crippen LogP contribution in [0.25, 0.3) is 11.1 Å². The van der Waals surface area contributed by atoms with Crippen molar-refractivity contribution in [3.8, 4) is 34.1 Å². The molecule has 0 heterocycles. The predicted octanol–water partition coefficient (Wildman–Crippen LogP) is 6.93. The standard InChI is InChI=1S/C24H15F4NOS/c1-2-17-14-20(19-8-10-21(11-9-19)30-24(26,27)28)7-6-18(17)5-3-16-4-12-23(31-15-29)22(25)13-16/h4,6-14H,2H2,1H3. The van der Waals surface area contributed by atoms with Crippen molar-refractivity contribution in [1.82, 2.24) is 0 Å². The quantitative estimate of drug-likeness (QED) is 0.191. The summed E-state index contributed by atoms with van der Waals surface area (Å²) in [5.74, 6) is 5.19. The van der Waals surface area contributed by atoms with Crippen molar-refractivity contribution < 1.29 is 22.3 Å². The molecule has 31 heavy (non-hydrogen) atoms. The molecule has 3 aromatic rings. The third-order valence-electron chi connectivity index (χ3n) is 4.34. The van der Waals surface area contributed by atoms with E-state index in [2.05, 4.69) is 16.6 Å². The largest absolute Gasteiger partial charge is 0.573 e. The first-order valence-corrected chi connectivity index (χ1v) is 9.97. The Morgan fingerprint density at radius 1 is 0.935 bits per heavy atom. The minimum absolute atomic E-state index is 0.248. The fraction of sp³-hybridized carbons (Fsp3) is 0.125. The molecule has 0 saturated heterocycles. The Hall–Kier alpha value is -3.42. The molecule has 3 rings (SSSR count). The molecule has 0 aliphatic carbocycles. The van der Waals surface area contributed by atoms with Crippen LogP contribution < -0.4 is 4.74 Å². The average Bonchev–Trinajstić information content (AvgIpc) is 2.73. The number of nitriles is 1. The Labute approximate surface area is 181 Å². The molecule has 0 radical (unpaired) electrons. The lowest BCUT2D eigenvalue weighted by atomic mass is 9.97. The average molecular weight is 441 g/mol. The van der Waals surface area contributed by atoms with Gasteiger partial charge in [-0.1, -0.05) is 37.0 Å². The second-order valence-electron chi connectivity index (χ2n) is 6.39. The topological polar surface area (TPSA) is 33.0 Å². The van der Waals surface area contributed by atoms with Crippen LogP contribution in [0.3, 0.4) is 0 Å². The van der Waals surface area contributed by atoms with Gasteiger partial charge in [-0.05, 0) is 77.3 Å². The summed E-state index contributed by atoms with van der Waals surface area (Å²) >= 11 is 0.753. The van der Waals surface area contributed by atoms with E-state index in [0.717, 1.165) is 34.0 Å². The molecule has 0 aliphatic heterocycles. The van der Waals surface area contributed by atoms with Crippen LogP contribution in [0.15, 0.2) is 65.6 Å². The number of nitrogens with zero attached hydrogens (tertiary/aromatic N) is 1. The zero-order valence-electron chi connectivity index (χ0n) is 16.3. The van der Waals surface area contributed by atoms with Crippen molar-refractivity contribution in [2.45, 2.75) is 24.6 Å². The van der Waals surface area contributed by atoms with E-state index in [1.54, 1.807) is 18.2 Å². The van der Waals surface area contributed by atoms with Crippen LogP contribution in [0.5, 0.6) is 5.75 Å². The van der Waals surface area contributed by atoms with E-state index in [-0.39, 0.29) is 10.6 Å². The summed E-state index contributed by atoms with van der Waals surface area (Å²) in [5.41, 5.74) is 3.81. The van der Waals surface area contributed by atoms with Gasteiger partial charge in [-0.25, -0.2) is 4.39 Å². The number of hydrogen-bond acceptors (Lipinski definition) is 3. The van der Waals surface area contributed by atoms with Gasteiger partial charge in [-0.2, -0.15) is 5.26 Å². The van der Waals surface area contributed by atoms with Crippen molar-refractivity contribution in [2.75, 3.05) is 0 Å². The number of thioether (sulfide) groups is 1. The third-order valence-corrected chi connectivity index (χ3v) is 4.98. The highest BCUT2D eigenvalue weighted by Gasteiger charge is 2.30. The van der Waals surface area contributed by atoms with Gasteiger partial charge in [0.25, 0.3) is 0 Å². The van der Waals surface area contributed by atoms with Crippen molar-refractivity contribution in [3.63, 3.8) is 0 Å². The minimum Gasteiger partial charge on any atom is -0.406 e. The first-order valence-electron chi connectivity index (χ1n) is 9.15. The highest BCUT2D eigenvalue weighted by molar-refractivity contribution is 8.03. The number of halogens is 4. The molecule has 0 aromatic heterocycles. The van der Waals surface area contributed by atoms with Crippen molar-refractivity contribution in [3.05, 3.63) is 83.2 Å². The fourth-order valence-corrected chi connectivity index (χ4v) is 3.28. The zero-order valence-corrected chi connectivity index (χ0v) is 17.1. The summed E-state index contributed by atoms with van der Waals surface area (Å²) in [5, 5.41) is 10.5. The van der Waals surface area contributed by atoms with Crippen LogP contribution in [0.2, 0.25) is 0 Å². The molecule has 2 nitrogen and oxygen atoms in total. The van der Waals surface area contributed by atoms with E-state index in [1.807, 2.05) is 30.5 Å². The predicted molar refractivity (Wildman–Crippen MR) is 112 cm³/mol. The number of rotatable bonds is 4. The molecule has 3 aromatic carbocycles. The highest BCUT2D eigenvalue weighted by Crippen LogP contribution is 2.28. The van der Waals surface area contributed by atoms with Gasteiger partial charge < -0.3 is 4.74 Å². The lowest BCUT2D eigenvalue weighted by Gasteiger charge is -2.10. The number of thiocyanates is 1. The summed E-state index contributed by atoms with van der Waals surface area (Å²) in [6.45, 7) is 1.97. The molecule has 0 atom stereocenters. The Morgan fingerprint density at radius 3 is 2.26 bits per heavy atom. The highest BCUT2D eigenvalue weighted by atomic mass is 32.2. The van der Waals surface area contributed by atoms with Crippen molar-refractivity contribution in [1.29, 1.82) is 5.26 Å². The van der Waals surface area contributed by atoms with Crippen LogP contribution in [-0.2, 0) is 6.42 Å². The normalized spacial score (nSPS) is 10.7. The van der Waals surface area contributed by atoms with Gasteiger partial charge in [0.15, 0.2) is 0 Å². The molecule has 0 fully saturated rings. The summed E-state index contributed by atoms with van der Waals surface area (Å²) in [6, 6.07) is 15.7. The maximum atomic E-state index is 14.0. The lowest BCUT2D eigenvalue weighted by molar-refractivity contribution is -0.274. The minimum atomic E-state index is -4.73. The Balaban J connectivity index is 1.84. The van der Waals surface area contributed by atoms with Gasteiger partial charge in [-0.3, -0.25) is 0 Å². The molecule has 0 bridgehead atoms. The molecule has 0 saturated carbocycles. The first kappa shape index (κ1) is 22.3. The Kier molecular flexibility index (Phi) is 6.89. The van der Waals surface area contributed by atoms with Crippen LogP contribution in [0.1, 0.15) is 23.6 Å². The molecule has 156 valence electrons. The number of hydrogen-bond donors (Lipinski definition) is 0. The molecular formula is C24H15F4NOS. The van der Waals surface area contributed by atoms with E-state index in [1.165, 1.54) is 24.3 Å². The molecule has 0 amide bonds. The van der Waals surface area contributed by atoms with Gasteiger partial charge in [0.1, 0.15) is 17.0 Å². The third kappa shape index (κ3) is 6.04. The Morgan fingerprint density at radius 2 is 1.65 bits per heavy atom. The first-order chi connectivity index (χ1) is 14.8. The number of aryl methyl sites for hydroxylation is 1. The maximum Gasteiger partial charge on any atom is 0.573 e. The van der Waals surface area contributed by atoms with E-state index >= 15 is 0 Å². The second kappa shape index (κ2) is 9.59. The van der Waals surface area contributed by atoms with Crippen LogP contribution in [-0.4, -0.2) is 6.36 Å². The summed E-state index contributed by atoms with van der Waals surface area (Å²) in [4.78, 5) is 0.248. The van der Waals surface area contributed by atoms with Gasteiger partial charge >= 0.3 is 6.36 Å². The molecule has 7 heteroatoms.